The highest BCUT2D eigenvalue weighted by atomic mass is 16.1. The average Bonchev–Trinajstić information content (AvgIpc) is 2.99. The molecule has 0 saturated heterocycles. The first-order chi connectivity index (χ1) is 11.0. The van der Waals surface area contributed by atoms with Crippen LogP contribution in [0.3, 0.4) is 0 Å². The zero-order valence-electron chi connectivity index (χ0n) is 13.4. The van der Waals surface area contributed by atoms with E-state index in [-0.39, 0.29) is 11.0 Å². The lowest BCUT2D eigenvalue weighted by Gasteiger charge is -2.27. The molecule has 0 aliphatic carbocycles. The monoisotopic (exact) mass is 306 g/mol. The Morgan fingerprint density at radius 3 is 2.61 bits per heavy atom. The molecule has 1 N–H and O–H groups in total. The van der Waals surface area contributed by atoms with Crippen LogP contribution in [0, 0.1) is 11.3 Å². The fourth-order valence-corrected chi connectivity index (χ4v) is 2.99. The highest BCUT2D eigenvalue weighted by molar-refractivity contribution is 5.56. The molecule has 0 aliphatic rings. The largest absolute Gasteiger partial charge is 0.341 e. The SMILES string of the molecule is CCc1c(C(C)(C)c2ccccc2)[nH]c2c(C#N)cnn2c1=O. The minimum atomic E-state index is -0.384. The van der Waals surface area contributed by atoms with Gasteiger partial charge in [-0.1, -0.05) is 51.1 Å². The Kier molecular flexibility index (Phi) is 3.53. The van der Waals surface area contributed by atoms with Crippen molar-refractivity contribution in [2.24, 2.45) is 0 Å². The molecule has 0 amide bonds. The molecule has 2 aromatic heterocycles. The van der Waals surface area contributed by atoms with E-state index >= 15 is 0 Å². The van der Waals surface area contributed by atoms with Crippen LogP contribution < -0.4 is 5.56 Å². The first-order valence-corrected chi connectivity index (χ1v) is 7.59. The van der Waals surface area contributed by atoms with E-state index in [0.717, 1.165) is 11.3 Å². The standard InChI is InChI=1S/C18H18N4O/c1-4-14-15(18(2,3)13-8-6-5-7-9-13)21-16-12(10-19)11-20-22(16)17(14)23/h5-9,11,21H,4H2,1-3H3. The number of nitrogens with one attached hydrogen (secondary N) is 1. The van der Waals surface area contributed by atoms with Gasteiger partial charge in [0.15, 0.2) is 5.65 Å². The van der Waals surface area contributed by atoms with Crippen LogP contribution in [0.1, 0.15) is 43.2 Å². The molecule has 0 atom stereocenters. The molecule has 5 heteroatoms. The number of benzene rings is 1. The molecule has 1 aromatic carbocycles. The van der Waals surface area contributed by atoms with Gasteiger partial charge < -0.3 is 4.98 Å². The Morgan fingerprint density at radius 2 is 2.00 bits per heavy atom. The van der Waals surface area contributed by atoms with E-state index in [1.165, 1.54) is 10.7 Å². The molecule has 0 spiro atoms. The summed E-state index contributed by atoms with van der Waals surface area (Å²) in [4.78, 5) is 16.1. The van der Waals surface area contributed by atoms with Crippen LogP contribution in [0.15, 0.2) is 41.3 Å². The number of hydrogen-bond donors (Lipinski definition) is 1. The predicted molar refractivity (Wildman–Crippen MR) is 88.5 cm³/mol. The molecular formula is C18H18N4O. The van der Waals surface area contributed by atoms with Gasteiger partial charge in [0.25, 0.3) is 5.56 Å². The van der Waals surface area contributed by atoms with Crippen molar-refractivity contribution < 1.29 is 0 Å². The summed E-state index contributed by atoms with van der Waals surface area (Å²) in [7, 11) is 0. The van der Waals surface area contributed by atoms with Crippen LogP contribution in [-0.4, -0.2) is 14.6 Å². The van der Waals surface area contributed by atoms with E-state index in [9.17, 15) is 10.1 Å². The summed E-state index contributed by atoms with van der Waals surface area (Å²) in [5.74, 6) is 0. The predicted octanol–water partition coefficient (Wildman–Crippen LogP) is 2.78. The lowest BCUT2D eigenvalue weighted by Crippen LogP contribution is -2.30. The molecule has 0 bridgehead atoms. The first-order valence-electron chi connectivity index (χ1n) is 7.59. The average molecular weight is 306 g/mol. The summed E-state index contributed by atoms with van der Waals surface area (Å²) in [5.41, 5.74) is 2.91. The number of H-pyrrole nitrogens is 1. The minimum absolute atomic E-state index is 0.165. The van der Waals surface area contributed by atoms with Gasteiger partial charge in [-0.05, 0) is 12.0 Å². The van der Waals surface area contributed by atoms with Crippen molar-refractivity contribution in [1.82, 2.24) is 14.6 Å². The van der Waals surface area contributed by atoms with Gasteiger partial charge in [0, 0.05) is 16.7 Å². The maximum Gasteiger partial charge on any atom is 0.277 e. The molecule has 3 rings (SSSR count). The van der Waals surface area contributed by atoms with Crippen molar-refractivity contribution in [3.05, 3.63) is 69.3 Å². The summed E-state index contributed by atoms with van der Waals surface area (Å²) in [6.07, 6.45) is 2.02. The number of aromatic nitrogens is 3. The zero-order valence-corrected chi connectivity index (χ0v) is 13.4. The van der Waals surface area contributed by atoms with E-state index in [2.05, 4.69) is 30.0 Å². The lowest BCUT2D eigenvalue weighted by atomic mass is 9.79. The van der Waals surface area contributed by atoms with Crippen molar-refractivity contribution in [2.75, 3.05) is 0 Å². The van der Waals surface area contributed by atoms with Crippen molar-refractivity contribution in [3.63, 3.8) is 0 Å². The second kappa shape index (κ2) is 5.40. The molecule has 0 saturated carbocycles. The second-order valence-electron chi connectivity index (χ2n) is 6.06. The van der Waals surface area contributed by atoms with Gasteiger partial charge in [-0.25, -0.2) is 0 Å². The third-order valence-electron chi connectivity index (χ3n) is 4.36. The van der Waals surface area contributed by atoms with Gasteiger partial charge in [0.1, 0.15) is 11.6 Å². The summed E-state index contributed by atoms with van der Waals surface area (Å²) < 4.78 is 1.28. The smallest absolute Gasteiger partial charge is 0.277 e. The quantitative estimate of drug-likeness (QED) is 0.808. The Labute approximate surface area is 134 Å². The Bertz CT molecular complexity index is 958. The van der Waals surface area contributed by atoms with Crippen molar-refractivity contribution >= 4 is 5.65 Å². The molecule has 23 heavy (non-hydrogen) atoms. The number of hydrogen-bond acceptors (Lipinski definition) is 3. The normalized spacial score (nSPS) is 11.6. The fraction of sp³-hybridized carbons (Fsp3) is 0.278. The van der Waals surface area contributed by atoms with E-state index in [1.54, 1.807) is 0 Å². The van der Waals surface area contributed by atoms with Crippen molar-refractivity contribution in [1.29, 1.82) is 5.26 Å². The molecule has 0 aliphatic heterocycles. The minimum Gasteiger partial charge on any atom is -0.341 e. The number of rotatable bonds is 3. The van der Waals surface area contributed by atoms with Crippen LogP contribution in [0.2, 0.25) is 0 Å². The van der Waals surface area contributed by atoms with E-state index < -0.39 is 0 Å². The molecule has 0 radical (unpaired) electrons. The Morgan fingerprint density at radius 1 is 1.30 bits per heavy atom. The zero-order chi connectivity index (χ0) is 16.6. The highest BCUT2D eigenvalue weighted by Crippen LogP contribution is 2.32. The second-order valence-corrected chi connectivity index (χ2v) is 6.06. The van der Waals surface area contributed by atoms with Crippen LogP contribution >= 0.6 is 0 Å². The summed E-state index contributed by atoms with van der Waals surface area (Å²) in [6.45, 7) is 6.10. The van der Waals surface area contributed by atoms with Crippen LogP contribution in [0.25, 0.3) is 5.65 Å². The third-order valence-corrected chi connectivity index (χ3v) is 4.36. The van der Waals surface area contributed by atoms with E-state index in [1.807, 2.05) is 37.3 Å². The Balaban J connectivity index is 2.37. The van der Waals surface area contributed by atoms with Gasteiger partial charge in [-0.2, -0.15) is 14.9 Å². The maximum absolute atomic E-state index is 12.8. The molecule has 5 nitrogen and oxygen atoms in total. The topological polar surface area (TPSA) is 73.9 Å². The van der Waals surface area contributed by atoms with Crippen molar-refractivity contribution in [2.45, 2.75) is 32.6 Å². The van der Waals surface area contributed by atoms with Gasteiger partial charge >= 0.3 is 0 Å². The van der Waals surface area contributed by atoms with Crippen LogP contribution in [-0.2, 0) is 11.8 Å². The highest BCUT2D eigenvalue weighted by Gasteiger charge is 2.29. The Hall–Kier alpha value is -2.87. The van der Waals surface area contributed by atoms with Crippen molar-refractivity contribution in [3.8, 4) is 6.07 Å². The third kappa shape index (κ3) is 2.23. The number of nitriles is 1. The number of fused-ring (bicyclic) bond motifs is 1. The van der Waals surface area contributed by atoms with Gasteiger partial charge in [-0.15, -0.1) is 0 Å². The summed E-state index contributed by atoms with van der Waals surface area (Å²) in [5, 5.41) is 13.3. The molecule has 3 aromatic rings. The summed E-state index contributed by atoms with van der Waals surface area (Å²) >= 11 is 0. The van der Waals surface area contributed by atoms with Crippen LogP contribution in [0.5, 0.6) is 0 Å². The number of aromatic amines is 1. The molecule has 2 heterocycles. The maximum atomic E-state index is 12.8. The van der Waals surface area contributed by atoms with Gasteiger partial charge in [0.2, 0.25) is 0 Å². The van der Waals surface area contributed by atoms with Crippen LogP contribution in [0.4, 0.5) is 0 Å². The number of nitrogens with zero attached hydrogens (tertiary/aromatic N) is 3. The van der Waals surface area contributed by atoms with E-state index in [0.29, 0.717) is 23.2 Å². The fourth-order valence-electron chi connectivity index (χ4n) is 2.99. The molecule has 116 valence electrons. The van der Waals surface area contributed by atoms with E-state index in [4.69, 9.17) is 0 Å². The lowest BCUT2D eigenvalue weighted by molar-refractivity contribution is 0.602. The molecule has 0 unspecified atom stereocenters. The first kappa shape index (κ1) is 15.0. The van der Waals surface area contributed by atoms with Gasteiger partial charge in [-0.3, -0.25) is 4.79 Å². The molecular weight excluding hydrogens is 288 g/mol. The summed E-state index contributed by atoms with van der Waals surface area (Å²) in [6, 6.07) is 12.1. The molecule has 0 fully saturated rings. The van der Waals surface area contributed by atoms with Gasteiger partial charge in [0.05, 0.1) is 6.20 Å².